The molecular formula is C20H24Cl2N3O2+. The van der Waals surface area contributed by atoms with Crippen molar-refractivity contribution in [3.05, 3.63) is 64.1 Å². The van der Waals surface area contributed by atoms with Crippen LogP contribution in [0.1, 0.15) is 18.5 Å². The van der Waals surface area contributed by atoms with E-state index in [0.29, 0.717) is 15.7 Å². The maximum atomic E-state index is 12.5. The lowest BCUT2D eigenvalue weighted by Gasteiger charge is -2.26. The van der Waals surface area contributed by atoms with E-state index in [9.17, 15) is 9.59 Å². The Labute approximate surface area is 169 Å². The summed E-state index contributed by atoms with van der Waals surface area (Å²) in [4.78, 5) is 27.3. The van der Waals surface area contributed by atoms with Gasteiger partial charge >= 0.3 is 0 Å². The molecule has 2 amide bonds. The van der Waals surface area contributed by atoms with Crippen LogP contribution >= 0.6 is 23.2 Å². The summed E-state index contributed by atoms with van der Waals surface area (Å²) in [5.41, 5.74) is 1.46. The average Bonchev–Trinajstić information content (AvgIpc) is 2.64. The summed E-state index contributed by atoms with van der Waals surface area (Å²) in [5, 5.41) is 3.46. The number of halogens is 2. The highest BCUT2D eigenvalue weighted by atomic mass is 35.5. The van der Waals surface area contributed by atoms with Crippen molar-refractivity contribution in [2.75, 3.05) is 32.5 Å². The molecule has 0 aromatic heterocycles. The molecule has 0 fully saturated rings. The van der Waals surface area contributed by atoms with Crippen LogP contribution in [0, 0.1) is 0 Å². The van der Waals surface area contributed by atoms with E-state index in [2.05, 4.69) is 5.32 Å². The van der Waals surface area contributed by atoms with Crippen molar-refractivity contribution in [2.45, 2.75) is 13.0 Å². The molecular weight excluding hydrogens is 385 g/mol. The van der Waals surface area contributed by atoms with Crippen LogP contribution in [0.25, 0.3) is 0 Å². The monoisotopic (exact) mass is 408 g/mol. The Morgan fingerprint density at radius 1 is 1.04 bits per heavy atom. The van der Waals surface area contributed by atoms with Crippen LogP contribution in [-0.4, -0.2) is 43.9 Å². The number of nitrogens with one attached hydrogen (secondary N) is 2. The fourth-order valence-corrected chi connectivity index (χ4v) is 3.18. The van der Waals surface area contributed by atoms with E-state index in [1.165, 1.54) is 0 Å². The zero-order valence-corrected chi connectivity index (χ0v) is 17.1. The van der Waals surface area contributed by atoms with Gasteiger partial charge in [0.25, 0.3) is 11.8 Å². The van der Waals surface area contributed by atoms with Gasteiger partial charge in [-0.05, 0) is 24.6 Å². The first-order valence-corrected chi connectivity index (χ1v) is 9.41. The number of quaternary nitrogens is 1. The van der Waals surface area contributed by atoms with Crippen molar-refractivity contribution < 1.29 is 14.5 Å². The summed E-state index contributed by atoms with van der Waals surface area (Å²) in [6.07, 6.45) is 0. The lowest BCUT2D eigenvalue weighted by Crippen LogP contribution is -3.11. The SMILES string of the molecule is C[C@@H](c1ccccc1)N(C)C(=O)C[NH+](C)CC(=O)Nc1c(Cl)cccc1Cl. The molecule has 0 aliphatic rings. The molecule has 0 heterocycles. The summed E-state index contributed by atoms with van der Waals surface area (Å²) < 4.78 is 0. The number of nitrogens with zero attached hydrogens (tertiary/aromatic N) is 1. The molecule has 5 nitrogen and oxygen atoms in total. The van der Waals surface area contributed by atoms with Gasteiger partial charge in [0.2, 0.25) is 0 Å². The number of carbonyl (C=O) groups is 2. The fourth-order valence-electron chi connectivity index (χ4n) is 2.69. The van der Waals surface area contributed by atoms with Gasteiger partial charge < -0.3 is 15.1 Å². The molecule has 27 heavy (non-hydrogen) atoms. The molecule has 0 saturated carbocycles. The summed E-state index contributed by atoms with van der Waals surface area (Å²) in [5.74, 6) is -0.290. The minimum absolute atomic E-state index is 0.0348. The van der Waals surface area contributed by atoms with Gasteiger partial charge in [0.05, 0.1) is 28.8 Å². The van der Waals surface area contributed by atoms with E-state index in [-0.39, 0.29) is 30.9 Å². The third kappa shape index (κ3) is 5.96. The van der Waals surface area contributed by atoms with Gasteiger partial charge in [0.1, 0.15) is 0 Å². The van der Waals surface area contributed by atoms with E-state index < -0.39 is 0 Å². The maximum Gasteiger partial charge on any atom is 0.279 e. The number of hydrogen-bond acceptors (Lipinski definition) is 2. The second-order valence-corrected chi connectivity index (χ2v) is 7.36. The van der Waals surface area contributed by atoms with Crippen molar-refractivity contribution in [1.29, 1.82) is 0 Å². The van der Waals surface area contributed by atoms with E-state index >= 15 is 0 Å². The van der Waals surface area contributed by atoms with Crippen molar-refractivity contribution in [3.8, 4) is 0 Å². The number of anilines is 1. The lowest BCUT2D eigenvalue weighted by molar-refractivity contribution is -0.862. The largest absolute Gasteiger partial charge is 0.334 e. The van der Waals surface area contributed by atoms with E-state index in [4.69, 9.17) is 23.2 Å². The molecule has 2 aromatic rings. The fraction of sp³-hybridized carbons (Fsp3) is 0.300. The summed E-state index contributed by atoms with van der Waals surface area (Å²) in [7, 11) is 3.57. The molecule has 0 spiro atoms. The van der Waals surface area contributed by atoms with Crippen LogP contribution in [0.4, 0.5) is 5.69 Å². The molecule has 2 rings (SSSR count). The second-order valence-electron chi connectivity index (χ2n) is 6.55. The van der Waals surface area contributed by atoms with Gasteiger partial charge in [-0.15, -0.1) is 0 Å². The van der Waals surface area contributed by atoms with Gasteiger partial charge in [-0.1, -0.05) is 59.6 Å². The molecule has 0 aliphatic heterocycles. The molecule has 0 saturated heterocycles. The van der Waals surface area contributed by atoms with Crippen LogP contribution in [0.2, 0.25) is 10.0 Å². The molecule has 0 aliphatic carbocycles. The highest BCUT2D eigenvalue weighted by Gasteiger charge is 2.22. The molecule has 2 N–H and O–H groups in total. The molecule has 2 atom stereocenters. The molecule has 144 valence electrons. The number of para-hydroxylation sites is 1. The number of benzene rings is 2. The number of amides is 2. The molecule has 1 unspecified atom stereocenters. The predicted octanol–water partition coefficient (Wildman–Crippen LogP) is 2.67. The average molecular weight is 409 g/mol. The molecule has 2 aromatic carbocycles. The van der Waals surface area contributed by atoms with Gasteiger partial charge in [-0.25, -0.2) is 0 Å². The Balaban J connectivity index is 1.89. The summed E-state index contributed by atoms with van der Waals surface area (Å²) >= 11 is 12.1. The Hall–Kier alpha value is -2.08. The molecule has 0 bridgehead atoms. The lowest BCUT2D eigenvalue weighted by atomic mass is 10.1. The van der Waals surface area contributed by atoms with E-state index in [1.807, 2.05) is 37.3 Å². The van der Waals surface area contributed by atoms with Crippen LogP contribution in [0.15, 0.2) is 48.5 Å². The van der Waals surface area contributed by atoms with Crippen molar-refractivity contribution in [2.24, 2.45) is 0 Å². The summed E-state index contributed by atoms with van der Waals surface area (Å²) in [6, 6.07) is 14.8. The van der Waals surface area contributed by atoms with Crippen molar-refractivity contribution >= 4 is 40.7 Å². The van der Waals surface area contributed by atoms with Gasteiger partial charge in [0, 0.05) is 7.05 Å². The van der Waals surface area contributed by atoms with Gasteiger partial charge in [-0.3, -0.25) is 9.59 Å². The Bertz CT molecular complexity index is 779. The first kappa shape index (κ1) is 21.2. The molecule has 0 radical (unpaired) electrons. The number of hydrogen-bond donors (Lipinski definition) is 2. The summed E-state index contributed by atoms with van der Waals surface area (Å²) in [6.45, 7) is 2.31. The van der Waals surface area contributed by atoms with Crippen LogP contribution in [-0.2, 0) is 9.59 Å². The van der Waals surface area contributed by atoms with Crippen molar-refractivity contribution in [1.82, 2.24) is 4.90 Å². The zero-order chi connectivity index (χ0) is 20.0. The topological polar surface area (TPSA) is 53.9 Å². The standard InChI is InChI=1S/C20H23Cl2N3O2/c1-14(15-8-5-4-6-9-15)25(3)19(27)13-24(2)12-18(26)23-20-16(21)10-7-11-17(20)22/h4-11,14H,12-13H2,1-3H3,(H,23,26)/p+1/t14-/m0/s1. The first-order valence-electron chi connectivity index (χ1n) is 8.65. The molecule has 7 heteroatoms. The second kappa shape index (κ2) is 9.74. The van der Waals surface area contributed by atoms with Gasteiger partial charge in [0.15, 0.2) is 13.1 Å². The first-order chi connectivity index (χ1) is 12.8. The van der Waals surface area contributed by atoms with Crippen LogP contribution < -0.4 is 10.2 Å². The number of likely N-dealkylation sites (N-methyl/N-ethyl adjacent to an activating group) is 2. The Morgan fingerprint density at radius 3 is 2.22 bits per heavy atom. The smallest absolute Gasteiger partial charge is 0.279 e. The number of carbonyl (C=O) groups excluding carboxylic acids is 2. The zero-order valence-electron chi connectivity index (χ0n) is 15.6. The quantitative estimate of drug-likeness (QED) is 0.739. The highest BCUT2D eigenvalue weighted by Crippen LogP contribution is 2.29. The van der Waals surface area contributed by atoms with Crippen LogP contribution in [0.5, 0.6) is 0 Å². The third-order valence-corrected chi connectivity index (χ3v) is 5.03. The number of rotatable bonds is 7. The Kier molecular flexibility index (Phi) is 7.66. The predicted molar refractivity (Wildman–Crippen MR) is 109 cm³/mol. The van der Waals surface area contributed by atoms with E-state index in [1.54, 1.807) is 37.2 Å². The third-order valence-electron chi connectivity index (χ3n) is 4.40. The van der Waals surface area contributed by atoms with Gasteiger partial charge in [-0.2, -0.15) is 0 Å². The minimum atomic E-state index is -0.255. The normalized spacial score (nSPS) is 12.9. The highest BCUT2D eigenvalue weighted by molar-refractivity contribution is 6.39. The Morgan fingerprint density at radius 2 is 1.63 bits per heavy atom. The maximum absolute atomic E-state index is 12.5. The minimum Gasteiger partial charge on any atom is -0.334 e. The van der Waals surface area contributed by atoms with Crippen molar-refractivity contribution in [3.63, 3.8) is 0 Å². The van der Waals surface area contributed by atoms with E-state index in [0.717, 1.165) is 10.5 Å². The van der Waals surface area contributed by atoms with Crippen LogP contribution in [0.3, 0.4) is 0 Å².